The molecule has 0 aliphatic rings. The first-order valence-electron chi connectivity index (χ1n) is 8.83. The highest BCUT2D eigenvalue weighted by Gasteiger charge is 2.30. The molecule has 0 aliphatic carbocycles. The molecule has 3 aromatic rings. The Morgan fingerprint density at radius 3 is 2.32 bits per heavy atom. The Morgan fingerprint density at radius 2 is 1.68 bits per heavy atom. The van der Waals surface area contributed by atoms with Crippen LogP contribution in [-0.2, 0) is 11.0 Å². The summed E-state index contributed by atoms with van der Waals surface area (Å²) in [5.74, 6) is -1.21. The van der Waals surface area contributed by atoms with E-state index in [-0.39, 0.29) is 39.4 Å². The molecule has 0 spiro atoms. The van der Waals surface area contributed by atoms with Crippen molar-refractivity contribution in [3.8, 4) is 11.3 Å². The van der Waals surface area contributed by atoms with E-state index >= 15 is 0 Å². The van der Waals surface area contributed by atoms with Crippen LogP contribution in [0.3, 0.4) is 0 Å². The number of hydrogen-bond acceptors (Lipinski definition) is 3. The fraction of sp³-hybridized carbons (Fsp3) is 0.143. The number of nitrogens with zero attached hydrogens (tertiary/aromatic N) is 1. The van der Waals surface area contributed by atoms with Gasteiger partial charge in [0.05, 0.1) is 27.8 Å². The molecule has 1 N–H and O–H groups in total. The van der Waals surface area contributed by atoms with E-state index in [2.05, 4.69) is 5.32 Å². The number of rotatable bonds is 5. The summed E-state index contributed by atoms with van der Waals surface area (Å²) in [6, 6.07) is 12.0. The van der Waals surface area contributed by atoms with Gasteiger partial charge in [-0.2, -0.15) is 13.2 Å². The maximum absolute atomic E-state index is 12.9. The van der Waals surface area contributed by atoms with E-state index < -0.39 is 23.6 Å². The van der Waals surface area contributed by atoms with Crippen molar-refractivity contribution in [3.63, 3.8) is 0 Å². The van der Waals surface area contributed by atoms with Crippen LogP contribution in [0.1, 0.15) is 16.1 Å². The summed E-state index contributed by atoms with van der Waals surface area (Å²) >= 11 is 12.0. The average Bonchev–Trinajstić information content (AvgIpc) is 3.20. The van der Waals surface area contributed by atoms with Gasteiger partial charge in [0.1, 0.15) is 5.76 Å². The van der Waals surface area contributed by atoms with Crippen LogP contribution in [0.5, 0.6) is 0 Å². The number of para-hydroxylation sites is 1. The monoisotopic (exact) mass is 470 g/mol. The van der Waals surface area contributed by atoms with Crippen molar-refractivity contribution in [1.82, 2.24) is 4.90 Å². The molecule has 0 fully saturated rings. The number of hydrogen-bond donors (Lipinski definition) is 1. The number of amides is 2. The number of furan rings is 1. The Balaban J connectivity index is 1.70. The van der Waals surface area contributed by atoms with Crippen LogP contribution in [0.25, 0.3) is 11.3 Å². The fourth-order valence-electron chi connectivity index (χ4n) is 2.73. The summed E-state index contributed by atoms with van der Waals surface area (Å²) in [4.78, 5) is 25.9. The van der Waals surface area contributed by atoms with Gasteiger partial charge in [0, 0.05) is 12.6 Å². The minimum Gasteiger partial charge on any atom is -0.451 e. The first-order valence-corrected chi connectivity index (χ1v) is 9.58. The van der Waals surface area contributed by atoms with Crippen LogP contribution in [0, 0.1) is 0 Å². The van der Waals surface area contributed by atoms with Gasteiger partial charge in [0.25, 0.3) is 5.91 Å². The lowest BCUT2D eigenvalue weighted by Gasteiger charge is -2.16. The van der Waals surface area contributed by atoms with Crippen molar-refractivity contribution in [2.24, 2.45) is 0 Å². The van der Waals surface area contributed by atoms with Crippen LogP contribution in [-0.4, -0.2) is 30.3 Å². The summed E-state index contributed by atoms with van der Waals surface area (Å²) in [7, 11) is 1.38. The second-order valence-corrected chi connectivity index (χ2v) is 7.36. The first kappa shape index (κ1) is 22.7. The highest BCUT2D eigenvalue weighted by atomic mass is 35.5. The highest BCUT2D eigenvalue weighted by Crippen LogP contribution is 2.33. The molecule has 2 amide bonds. The third kappa shape index (κ3) is 5.39. The Hall–Kier alpha value is -2.97. The van der Waals surface area contributed by atoms with Gasteiger partial charge in [0.15, 0.2) is 5.76 Å². The molecule has 1 heterocycles. The molecule has 31 heavy (non-hydrogen) atoms. The van der Waals surface area contributed by atoms with Gasteiger partial charge in [-0.15, -0.1) is 0 Å². The summed E-state index contributed by atoms with van der Waals surface area (Å²) in [5.41, 5.74) is -0.439. The lowest BCUT2D eigenvalue weighted by Crippen LogP contribution is -2.34. The number of alkyl halides is 3. The zero-order valence-corrected chi connectivity index (χ0v) is 17.5. The standard InChI is InChI=1S/C21H15Cl2F3N2O3/c1-28(11-18(29)27-19-14(22)6-3-7-15(19)23)20(30)17-9-8-16(31-17)12-4-2-5-13(10-12)21(24,25)26/h2-10H,11H2,1H3,(H,27,29). The molecule has 162 valence electrons. The Bertz CT molecular complexity index is 1110. The van der Waals surface area contributed by atoms with Gasteiger partial charge in [-0.05, 0) is 36.4 Å². The van der Waals surface area contributed by atoms with Crippen LogP contribution in [0.2, 0.25) is 10.0 Å². The third-order valence-corrected chi connectivity index (χ3v) is 4.88. The molecule has 0 radical (unpaired) electrons. The molecule has 10 heteroatoms. The largest absolute Gasteiger partial charge is 0.451 e. The molecule has 0 unspecified atom stereocenters. The van der Waals surface area contributed by atoms with Gasteiger partial charge in [-0.25, -0.2) is 0 Å². The minimum atomic E-state index is -4.50. The smallest absolute Gasteiger partial charge is 0.416 e. The quantitative estimate of drug-likeness (QED) is 0.498. The highest BCUT2D eigenvalue weighted by molar-refractivity contribution is 6.39. The van der Waals surface area contributed by atoms with Crippen molar-refractivity contribution in [2.45, 2.75) is 6.18 Å². The number of carbonyl (C=O) groups is 2. The molecule has 0 atom stereocenters. The predicted molar refractivity (Wildman–Crippen MR) is 111 cm³/mol. The molecule has 1 aromatic heterocycles. The van der Waals surface area contributed by atoms with Gasteiger partial charge in [0.2, 0.25) is 5.91 Å². The van der Waals surface area contributed by atoms with Crippen LogP contribution < -0.4 is 5.32 Å². The lowest BCUT2D eigenvalue weighted by molar-refractivity contribution is -0.137. The Kier molecular flexibility index (Phi) is 6.62. The number of likely N-dealkylation sites (N-methyl/N-ethyl adjacent to an activating group) is 1. The van der Waals surface area contributed by atoms with E-state index in [0.717, 1.165) is 17.0 Å². The summed E-state index contributed by atoms with van der Waals surface area (Å²) in [6.45, 7) is -0.333. The summed E-state index contributed by atoms with van der Waals surface area (Å²) in [6.07, 6.45) is -4.50. The van der Waals surface area contributed by atoms with Crippen LogP contribution in [0.4, 0.5) is 18.9 Å². The van der Waals surface area contributed by atoms with E-state index in [1.54, 1.807) is 18.2 Å². The topological polar surface area (TPSA) is 62.6 Å². The zero-order chi connectivity index (χ0) is 22.8. The van der Waals surface area contributed by atoms with Gasteiger partial charge in [-0.3, -0.25) is 9.59 Å². The van der Waals surface area contributed by atoms with Crippen LogP contribution in [0.15, 0.2) is 59.0 Å². The zero-order valence-electron chi connectivity index (χ0n) is 16.0. The predicted octanol–water partition coefficient (Wildman–Crippen LogP) is 5.98. The van der Waals surface area contributed by atoms with Crippen molar-refractivity contribution in [1.29, 1.82) is 0 Å². The molecule has 5 nitrogen and oxygen atoms in total. The van der Waals surface area contributed by atoms with Crippen molar-refractivity contribution in [2.75, 3.05) is 18.9 Å². The van der Waals surface area contributed by atoms with E-state index in [1.165, 1.54) is 31.3 Å². The normalized spacial score (nSPS) is 11.3. The Labute approximate surface area is 185 Å². The number of nitrogens with one attached hydrogen (secondary N) is 1. The first-order chi connectivity index (χ1) is 14.6. The molecule has 0 aliphatic heterocycles. The molecular weight excluding hydrogens is 456 g/mol. The van der Waals surface area contributed by atoms with Crippen LogP contribution >= 0.6 is 23.2 Å². The van der Waals surface area contributed by atoms with E-state index in [1.807, 2.05) is 0 Å². The molecular formula is C21H15Cl2F3N2O3. The van der Waals surface area contributed by atoms with E-state index in [9.17, 15) is 22.8 Å². The molecule has 3 rings (SSSR count). The summed E-state index contributed by atoms with van der Waals surface area (Å²) < 4.78 is 44.1. The molecule has 0 saturated heterocycles. The molecule has 0 bridgehead atoms. The maximum Gasteiger partial charge on any atom is 0.416 e. The number of halogens is 5. The van der Waals surface area contributed by atoms with Gasteiger partial charge >= 0.3 is 6.18 Å². The third-order valence-electron chi connectivity index (χ3n) is 4.25. The lowest BCUT2D eigenvalue weighted by atomic mass is 10.1. The second kappa shape index (κ2) is 9.03. The second-order valence-electron chi connectivity index (χ2n) is 6.55. The number of benzene rings is 2. The maximum atomic E-state index is 12.9. The Morgan fingerprint density at radius 1 is 1.03 bits per heavy atom. The number of anilines is 1. The summed E-state index contributed by atoms with van der Waals surface area (Å²) in [5, 5.41) is 3.02. The van der Waals surface area contributed by atoms with Crippen molar-refractivity contribution in [3.05, 3.63) is 76.0 Å². The SMILES string of the molecule is CN(CC(=O)Nc1c(Cl)cccc1Cl)C(=O)c1ccc(-c2cccc(C(F)(F)F)c2)o1. The van der Waals surface area contributed by atoms with E-state index in [0.29, 0.717) is 0 Å². The van der Waals surface area contributed by atoms with E-state index in [4.69, 9.17) is 27.6 Å². The van der Waals surface area contributed by atoms with Crippen molar-refractivity contribution >= 4 is 40.7 Å². The molecule has 0 saturated carbocycles. The minimum absolute atomic E-state index is 0.0927. The van der Waals surface area contributed by atoms with Crippen molar-refractivity contribution < 1.29 is 27.2 Å². The average molecular weight is 471 g/mol. The van der Waals surface area contributed by atoms with Gasteiger partial charge < -0.3 is 14.6 Å². The molecule has 2 aromatic carbocycles. The fourth-order valence-corrected chi connectivity index (χ4v) is 3.22. The van der Waals surface area contributed by atoms with Gasteiger partial charge in [-0.1, -0.05) is 41.4 Å². The number of carbonyl (C=O) groups excluding carboxylic acids is 2.